The van der Waals surface area contributed by atoms with Crippen LogP contribution in [0.1, 0.15) is 13.8 Å². The molecule has 0 unspecified atom stereocenters. The van der Waals surface area contributed by atoms with Crippen molar-refractivity contribution in [1.82, 2.24) is 9.97 Å². The van der Waals surface area contributed by atoms with Crippen LogP contribution in [0.25, 0.3) is 0 Å². The third kappa shape index (κ3) is 2.02. The Labute approximate surface area is 89.3 Å². The first kappa shape index (κ1) is 10.2. The van der Waals surface area contributed by atoms with Crippen LogP contribution in [0, 0.1) is 0 Å². The van der Waals surface area contributed by atoms with Gasteiger partial charge in [-0.05, 0) is 13.8 Å². The lowest BCUT2D eigenvalue weighted by Gasteiger charge is -2.42. The predicted molar refractivity (Wildman–Crippen MR) is 58.7 cm³/mol. The second-order valence-corrected chi connectivity index (χ2v) is 4.32. The number of hydrogen-bond acceptors (Lipinski definition) is 5. The summed E-state index contributed by atoms with van der Waals surface area (Å²) in [5.41, 5.74) is 5.57. The number of ether oxygens (including phenoxy) is 1. The Hall–Kier alpha value is -1.36. The average Bonchev–Trinajstić information content (AvgIpc) is 2.17. The third-order valence-electron chi connectivity index (χ3n) is 2.56. The Morgan fingerprint density at radius 3 is 2.93 bits per heavy atom. The first-order valence-corrected chi connectivity index (χ1v) is 5.02. The van der Waals surface area contributed by atoms with Crippen LogP contribution in [0.4, 0.5) is 11.6 Å². The van der Waals surface area contributed by atoms with E-state index in [1.165, 1.54) is 0 Å². The fraction of sp³-hybridized carbons (Fsp3) is 0.600. The largest absolute Gasteiger partial charge is 0.382 e. The van der Waals surface area contributed by atoms with Crippen LogP contribution in [0.2, 0.25) is 0 Å². The highest BCUT2D eigenvalue weighted by molar-refractivity contribution is 5.44. The van der Waals surface area contributed by atoms with Crippen molar-refractivity contribution in [2.75, 3.05) is 30.4 Å². The summed E-state index contributed by atoms with van der Waals surface area (Å²) < 4.78 is 5.45. The predicted octanol–water partition coefficient (Wildman–Crippen LogP) is 0.674. The number of nitrogens with two attached hydrogens (primary N) is 1. The number of morpholine rings is 1. The molecule has 0 saturated carbocycles. The Bertz CT molecular complexity index is 353. The van der Waals surface area contributed by atoms with Gasteiger partial charge in [0.05, 0.1) is 31.1 Å². The van der Waals surface area contributed by atoms with Gasteiger partial charge < -0.3 is 15.4 Å². The fourth-order valence-corrected chi connectivity index (χ4v) is 1.78. The first-order chi connectivity index (χ1) is 7.09. The molecular weight excluding hydrogens is 192 g/mol. The summed E-state index contributed by atoms with van der Waals surface area (Å²) in [6, 6.07) is 0. The van der Waals surface area contributed by atoms with E-state index in [0.29, 0.717) is 12.4 Å². The number of anilines is 2. The summed E-state index contributed by atoms with van der Waals surface area (Å²) in [6.45, 7) is 6.49. The van der Waals surface area contributed by atoms with Gasteiger partial charge in [-0.1, -0.05) is 0 Å². The second-order valence-electron chi connectivity index (χ2n) is 4.32. The number of nitrogen functional groups attached to an aromatic ring is 1. The summed E-state index contributed by atoms with van der Waals surface area (Å²) in [4.78, 5) is 10.5. The SMILES string of the molecule is CC1(C)COCCN1c1cncc(N)n1. The van der Waals surface area contributed by atoms with Gasteiger partial charge in [0.2, 0.25) is 0 Å². The van der Waals surface area contributed by atoms with Gasteiger partial charge >= 0.3 is 0 Å². The molecule has 5 heteroatoms. The van der Waals surface area contributed by atoms with Crippen molar-refractivity contribution in [3.8, 4) is 0 Å². The molecule has 15 heavy (non-hydrogen) atoms. The van der Waals surface area contributed by atoms with E-state index in [0.717, 1.165) is 19.0 Å². The van der Waals surface area contributed by atoms with Crippen LogP contribution >= 0.6 is 0 Å². The molecule has 82 valence electrons. The standard InChI is InChI=1S/C10H16N4O/c1-10(2)7-15-4-3-14(10)9-6-12-5-8(11)13-9/h5-6H,3-4,7H2,1-2H3,(H2,11,13). The Balaban J connectivity index is 2.29. The van der Waals surface area contributed by atoms with E-state index >= 15 is 0 Å². The topological polar surface area (TPSA) is 64.3 Å². The first-order valence-electron chi connectivity index (χ1n) is 5.02. The minimum Gasteiger partial charge on any atom is -0.382 e. The molecule has 0 aliphatic carbocycles. The summed E-state index contributed by atoms with van der Waals surface area (Å²) in [6.07, 6.45) is 3.29. The summed E-state index contributed by atoms with van der Waals surface area (Å²) in [5, 5.41) is 0. The molecule has 0 amide bonds. The van der Waals surface area contributed by atoms with Crippen molar-refractivity contribution >= 4 is 11.6 Å². The van der Waals surface area contributed by atoms with Gasteiger partial charge in [-0.2, -0.15) is 0 Å². The Morgan fingerprint density at radius 2 is 2.27 bits per heavy atom. The van der Waals surface area contributed by atoms with E-state index in [1.807, 2.05) is 0 Å². The fourth-order valence-electron chi connectivity index (χ4n) is 1.78. The monoisotopic (exact) mass is 208 g/mol. The zero-order valence-electron chi connectivity index (χ0n) is 9.10. The summed E-state index contributed by atoms with van der Waals surface area (Å²) in [5.74, 6) is 1.28. The molecule has 2 rings (SSSR count). The van der Waals surface area contributed by atoms with Crippen LogP contribution < -0.4 is 10.6 Å². The highest BCUT2D eigenvalue weighted by atomic mass is 16.5. The quantitative estimate of drug-likeness (QED) is 0.735. The lowest BCUT2D eigenvalue weighted by molar-refractivity contribution is 0.0639. The molecular formula is C10H16N4O. The molecule has 1 fully saturated rings. The highest BCUT2D eigenvalue weighted by Gasteiger charge is 2.31. The minimum absolute atomic E-state index is 0.0548. The van der Waals surface area contributed by atoms with E-state index in [4.69, 9.17) is 10.5 Å². The van der Waals surface area contributed by atoms with Crippen molar-refractivity contribution in [2.45, 2.75) is 19.4 Å². The zero-order chi connectivity index (χ0) is 10.9. The second kappa shape index (κ2) is 3.66. The van der Waals surface area contributed by atoms with Gasteiger partial charge in [0.15, 0.2) is 0 Å². The molecule has 1 aliphatic rings. The molecule has 2 N–H and O–H groups in total. The van der Waals surface area contributed by atoms with E-state index in [1.54, 1.807) is 12.4 Å². The van der Waals surface area contributed by atoms with Crippen molar-refractivity contribution in [3.63, 3.8) is 0 Å². The Morgan fingerprint density at radius 1 is 1.47 bits per heavy atom. The van der Waals surface area contributed by atoms with Gasteiger partial charge in [0.25, 0.3) is 0 Å². The maximum Gasteiger partial charge on any atom is 0.150 e. The molecule has 1 aromatic heterocycles. The lowest BCUT2D eigenvalue weighted by atomic mass is 10.0. The van der Waals surface area contributed by atoms with Crippen molar-refractivity contribution in [1.29, 1.82) is 0 Å². The van der Waals surface area contributed by atoms with Crippen LogP contribution in [0.3, 0.4) is 0 Å². The summed E-state index contributed by atoms with van der Waals surface area (Å²) >= 11 is 0. The van der Waals surface area contributed by atoms with Crippen LogP contribution in [-0.2, 0) is 4.74 Å². The van der Waals surface area contributed by atoms with E-state index in [-0.39, 0.29) is 5.54 Å². The van der Waals surface area contributed by atoms with Crippen molar-refractivity contribution < 1.29 is 4.74 Å². The molecule has 0 spiro atoms. The van der Waals surface area contributed by atoms with Crippen molar-refractivity contribution in [2.24, 2.45) is 0 Å². The van der Waals surface area contributed by atoms with Gasteiger partial charge in [0.1, 0.15) is 11.6 Å². The molecule has 0 bridgehead atoms. The third-order valence-corrected chi connectivity index (χ3v) is 2.56. The molecule has 0 radical (unpaired) electrons. The number of nitrogens with zero attached hydrogens (tertiary/aromatic N) is 3. The molecule has 1 saturated heterocycles. The van der Waals surface area contributed by atoms with Crippen molar-refractivity contribution in [3.05, 3.63) is 12.4 Å². The molecule has 0 aromatic carbocycles. The van der Waals surface area contributed by atoms with Crippen LogP contribution in [0.5, 0.6) is 0 Å². The van der Waals surface area contributed by atoms with E-state index in [2.05, 4.69) is 28.7 Å². The average molecular weight is 208 g/mol. The Kier molecular flexibility index (Phi) is 2.48. The molecule has 2 heterocycles. The van der Waals surface area contributed by atoms with Gasteiger partial charge in [0, 0.05) is 6.54 Å². The number of rotatable bonds is 1. The van der Waals surface area contributed by atoms with Gasteiger partial charge in [-0.15, -0.1) is 0 Å². The molecule has 1 aromatic rings. The smallest absolute Gasteiger partial charge is 0.150 e. The number of hydrogen-bond donors (Lipinski definition) is 1. The normalized spacial score (nSPS) is 20.3. The molecule has 1 aliphatic heterocycles. The van der Waals surface area contributed by atoms with Gasteiger partial charge in [-0.25, -0.2) is 4.98 Å². The lowest BCUT2D eigenvalue weighted by Crippen LogP contribution is -2.53. The maximum absolute atomic E-state index is 5.62. The summed E-state index contributed by atoms with van der Waals surface area (Å²) in [7, 11) is 0. The minimum atomic E-state index is -0.0548. The number of aromatic nitrogens is 2. The van der Waals surface area contributed by atoms with E-state index in [9.17, 15) is 0 Å². The molecule has 5 nitrogen and oxygen atoms in total. The molecule has 0 atom stereocenters. The zero-order valence-corrected chi connectivity index (χ0v) is 9.10. The van der Waals surface area contributed by atoms with E-state index < -0.39 is 0 Å². The maximum atomic E-state index is 5.62. The van der Waals surface area contributed by atoms with Gasteiger partial charge in [-0.3, -0.25) is 4.98 Å². The highest BCUT2D eigenvalue weighted by Crippen LogP contribution is 2.24. The van der Waals surface area contributed by atoms with Crippen LogP contribution in [0.15, 0.2) is 12.4 Å². The van der Waals surface area contributed by atoms with Crippen LogP contribution in [-0.4, -0.2) is 35.3 Å².